The molecule has 0 saturated heterocycles. The monoisotopic (exact) mass is 708 g/mol. The quantitative estimate of drug-likeness (QED) is 0.0354. The van der Waals surface area contributed by atoms with Gasteiger partial charge in [-0.2, -0.15) is 9.68 Å². The molecule has 0 spiro atoms. The Hall–Kier alpha value is -4.51. The summed E-state index contributed by atoms with van der Waals surface area (Å²) in [6, 6.07) is 34.9. The van der Waals surface area contributed by atoms with Crippen LogP contribution in [0, 0.1) is 6.92 Å². The number of fused-ring (bicyclic) bond motifs is 1. The first-order chi connectivity index (χ1) is 24.2. The molecule has 5 aromatic rings. The Balaban J connectivity index is 0.000000363. The van der Waals surface area contributed by atoms with Crippen molar-refractivity contribution in [3.05, 3.63) is 120 Å². The number of rotatable bonds is 14. The van der Waals surface area contributed by atoms with Crippen molar-refractivity contribution in [2.45, 2.75) is 20.3 Å². The van der Waals surface area contributed by atoms with Gasteiger partial charge in [-0.15, -0.1) is 5.11 Å². The molecule has 1 heterocycles. The fourth-order valence-corrected chi connectivity index (χ4v) is 7.39. The minimum atomic E-state index is 0.801. The van der Waals surface area contributed by atoms with Crippen LogP contribution in [-0.2, 0) is 7.05 Å². The van der Waals surface area contributed by atoms with Gasteiger partial charge < -0.3 is 26.6 Å². The number of pyridine rings is 1. The molecule has 10 heteroatoms. The number of nitrogens with two attached hydrogens (primary N) is 3. The molecule has 0 aliphatic carbocycles. The summed E-state index contributed by atoms with van der Waals surface area (Å²) in [5.74, 6) is 2.13. The van der Waals surface area contributed by atoms with Crippen LogP contribution in [0.3, 0.4) is 0 Å². The SMILES string of the molecule is CC/C=C(/N)c1ccccc1[NH2+]C.Cc1cc(N=Nc2ccc(N(C)CCSSCCN(C)c3ccc(N)cc3)cc2)c2ccccc2[n+]1C. The lowest BCUT2D eigenvalue weighted by atomic mass is 10.1. The number of nitrogens with zero attached hydrogens (tertiary/aromatic N) is 5. The first-order valence-corrected chi connectivity index (χ1v) is 19.5. The number of aryl methyl sites for hydroxylation is 2. The number of hydrogen-bond donors (Lipinski definition) is 3. The topological polar surface area (TPSA) is 104 Å². The van der Waals surface area contributed by atoms with Gasteiger partial charge in [0.05, 0.1) is 23.7 Å². The molecule has 5 rings (SSSR count). The van der Waals surface area contributed by atoms with Crippen molar-refractivity contribution in [1.29, 1.82) is 0 Å². The van der Waals surface area contributed by atoms with E-state index < -0.39 is 0 Å². The maximum absolute atomic E-state index is 5.92. The van der Waals surface area contributed by atoms with Gasteiger partial charge in [0, 0.05) is 80.5 Å². The van der Waals surface area contributed by atoms with E-state index in [4.69, 9.17) is 11.5 Å². The summed E-state index contributed by atoms with van der Waals surface area (Å²) in [6.45, 7) is 6.17. The molecule has 262 valence electrons. The van der Waals surface area contributed by atoms with Crippen LogP contribution in [0.15, 0.2) is 119 Å². The van der Waals surface area contributed by atoms with Gasteiger partial charge in [0.2, 0.25) is 5.52 Å². The van der Waals surface area contributed by atoms with Crippen molar-refractivity contribution >= 4 is 72.3 Å². The highest BCUT2D eigenvalue weighted by atomic mass is 33.1. The van der Waals surface area contributed by atoms with Gasteiger partial charge in [0.25, 0.3) is 0 Å². The summed E-state index contributed by atoms with van der Waals surface area (Å²) >= 11 is 0. The number of nitrogen functional groups attached to an aromatic ring is 1. The summed E-state index contributed by atoms with van der Waals surface area (Å²) in [6.07, 6.45) is 3.02. The predicted molar refractivity (Wildman–Crippen MR) is 219 cm³/mol. The fraction of sp³-hybridized carbons (Fsp3) is 0.275. The van der Waals surface area contributed by atoms with Gasteiger partial charge in [-0.1, -0.05) is 58.9 Å². The van der Waals surface area contributed by atoms with E-state index >= 15 is 0 Å². The van der Waals surface area contributed by atoms with Crippen LogP contribution in [0.5, 0.6) is 0 Å². The van der Waals surface area contributed by atoms with Crippen LogP contribution in [0.4, 0.5) is 34.1 Å². The number of hydrogen-bond acceptors (Lipinski definition) is 8. The third-order valence-corrected chi connectivity index (χ3v) is 10.8. The average molecular weight is 709 g/mol. The fourth-order valence-electron chi connectivity index (χ4n) is 5.31. The van der Waals surface area contributed by atoms with Gasteiger partial charge in [0.15, 0.2) is 5.69 Å². The molecule has 0 radical (unpaired) electrons. The van der Waals surface area contributed by atoms with E-state index in [1.54, 1.807) is 0 Å². The Labute approximate surface area is 306 Å². The molecular formula is C40H52N8S2+2. The minimum Gasteiger partial charge on any atom is -0.399 e. The maximum atomic E-state index is 5.92. The van der Waals surface area contributed by atoms with E-state index in [1.165, 1.54) is 17.1 Å². The first kappa shape index (κ1) is 38.3. The molecule has 4 aromatic carbocycles. The maximum Gasteiger partial charge on any atom is 0.214 e. The second-order valence-corrected chi connectivity index (χ2v) is 14.7. The zero-order chi connectivity index (χ0) is 35.9. The molecule has 0 atom stereocenters. The van der Waals surface area contributed by atoms with Crippen LogP contribution in [0.1, 0.15) is 24.6 Å². The second-order valence-electron chi connectivity index (χ2n) is 12.0. The van der Waals surface area contributed by atoms with Gasteiger partial charge in [-0.05, 0) is 73.2 Å². The van der Waals surface area contributed by atoms with Crippen LogP contribution >= 0.6 is 21.6 Å². The number of benzene rings is 4. The second kappa shape index (κ2) is 19.6. The van der Waals surface area contributed by atoms with Gasteiger partial charge in [0.1, 0.15) is 18.4 Å². The minimum absolute atomic E-state index is 0.801. The average Bonchev–Trinajstić information content (AvgIpc) is 3.14. The molecule has 8 nitrogen and oxygen atoms in total. The van der Waals surface area contributed by atoms with Crippen molar-refractivity contribution in [1.82, 2.24) is 0 Å². The molecule has 6 N–H and O–H groups in total. The van der Waals surface area contributed by atoms with Crippen molar-refractivity contribution < 1.29 is 9.88 Å². The molecule has 0 aliphatic rings. The number of anilines is 3. The first-order valence-electron chi connectivity index (χ1n) is 17.0. The number of azo groups is 1. The van der Waals surface area contributed by atoms with E-state index in [9.17, 15) is 0 Å². The Morgan fingerprint density at radius 2 is 1.40 bits per heavy atom. The van der Waals surface area contributed by atoms with E-state index in [1.807, 2.05) is 77.2 Å². The lowest BCUT2D eigenvalue weighted by molar-refractivity contribution is -0.651. The highest BCUT2D eigenvalue weighted by Gasteiger charge is 2.13. The summed E-state index contributed by atoms with van der Waals surface area (Å²) in [5.41, 5.74) is 22.1. The summed E-state index contributed by atoms with van der Waals surface area (Å²) in [4.78, 5) is 4.54. The lowest BCUT2D eigenvalue weighted by Crippen LogP contribution is -2.73. The summed E-state index contributed by atoms with van der Waals surface area (Å²) in [5, 5.41) is 12.3. The predicted octanol–water partition coefficient (Wildman–Crippen LogP) is 8.15. The molecule has 0 aliphatic heterocycles. The third-order valence-electron chi connectivity index (χ3n) is 8.42. The normalized spacial score (nSPS) is 11.4. The lowest BCUT2D eigenvalue weighted by Gasteiger charge is -2.20. The third kappa shape index (κ3) is 11.0. The number of para-hydroxylation sites is 2. The Bertz CT molecular complexity index is 1860. The van der Waals surface area contributed by atoms with E-state index in [0.717, 1.165) is 75.9 Å². The summed E-state index contributed by atoms with van der Waals surface area (Å²) < 4.78 is 2.18. The van der Waals surface area contributed by atoms with Gasteiger partial charge in [-0.3, -0.25) is 0 Å². The Morgan fingerprint density at radius 3 is 2.02 bits per heavy atom. The zero-order valence-electron chi connectivity index (χ0n) is 30.2. The molecule has 0 bridgehead atoms. The van der Waals surface area contributed by atoms with Crippen molar-refractivity contribution in [2.24, 2.45) is 23.0 Å². The van der Waals surface area contributed by atoms with Crippen LogP contribution < -0.4 is 31.2 Å². The highest BCUT2D eigenvalue weighted by Crippen LogP contribution is 2.28. The molecule has 1 aromatic heterocycles. The van der Waals surface area contributed by atoms with Crippen molar-refractivity contribution in [3.63, 3.8) is 0 Å². The highest BCUT2D eigenvalue weighted by molar-refractivity contribution is 8.76. The molecule has 0 unspecified atom stereocenters. The van der Waals surface area contributed by atoms with Crippen LogP contribution in [0.2, 0.25) is 0 Å². The van der Waals surface area contributed by atoms with Gasteiger partial charge in [-0.25, -0.2) is 0 Å². The number of allylic oxidation sites excluding steroid dienone is 1. The molecule has 50 heavy (non-hydrogen) atoms. The van der Waals surface area contributed by atoms with Crippen LogP contribution in [-0.4, -0.2) is 45.7 Å². The standard InChI is InChI=1S/C29H35N6S2.C11H16N2/c1-22-21-28(27-7-5-6-8-29(27)35(22)4)32-31-24-11-15-26(16-12-24)34(3)18-20-37-36-19-17-33(2)25-13-9-23(30)10-14-25;1-3-6-10(12)9-7-4-5-8-11(9)13-2/h5-16,21H,17-20,30H2,1-4H3;4-8,13H,3,12H2,1-2H3/q+1;/p+1/b;10-6+. The molecule has 0 amide bonds. The van der Waals surface area contributed by atoms with Crippen molar-refractivity contribution in [3.8, 4) is 0 Å². The summed E-state index contributed by atoms with van der Waals surface area (Å²) in [7, 11) is 12.2. The van der Waals surface area contributed by atoms with Gasteiger partial charge >= 0.3 is 0 Å². The zero-order valence-corrected chi connectivity index (χ0v) is 31.8. The molecular weight excluding hydrogens is 657 g/mol. The van der Waals surface area contributed by atoms with E-state index in [2.05, 4.69) is 126 Å². The largest absolute Gasteiger partial charge is 0.399 e. The van der Waals surface area contributed by atoms with E-state index in [0.29, 0.717) is 0 Å². The van der Waals surface area contributed by atoms with Crippen molar-refractivity contribution in [2.75, 3.05) is 61.3 Å². The Morgan fingerprint density at radius 1 is 0.820 bits per heavy atom. The number of quaternary nitrogens is 1. The molecule has 0 saturated carbocycles. The van der Waals surface area contributed by atoms with E-state index in [-0.39, 0.29) is 0 Å². The smallest absolute Gasteiger partial charge is 0.214 e. The number of aromatic nitrogens is 1. The molecule has 0 fully saturated rings. The Kier molecular flexibility index (Phi) is 15.0. The van der Waals surface area contributed by atoms with Crippen LogP contribution in [0.25, 0.3) is 16.6 Å².